The van der Waals surface area contributed by atoms with Crippen LogP contribution in [0.4, 0.5) is 5.82 Å². The molecule has 2 N–H and O–H groups in total. The van der Waals surface area contributed by atoms with Crippen LogP contribution in [-0.2, 0) is 0 Å². The van der Waals surface area contributed by atoms with Gasteiger partial charge in [0.25, 0.3) is 0 Å². The van der Waals surface area contributed by atoms with Crippen molar-refractivity contribution in [2.75, 3.05) is 31.1 Å². The Morgan fingerprint density at radius 2 is 1.70 bits per heavy atom. The lowest BCUT2D eigenvalue weighted by molar-refractivity contribution is 0.0365. The molecule has 1 fully saturated rings. The van der Waals surface area contributed by atoms with Crippen molar-refractivity contribution in [2.24, 2.45) is 0 Å². The summed E-state index contributed by atoms with van der Waals surface area (Å²) in [7, 11) is 0. The average molecular weight is 461 g/mol. The molecule has 0 bridgehead atoms. The van der Waals surface area contributed by atoms with Crippen molar-refractivity contribution in [3.05, 3.63) is 95.3 Å². The van der Waals surface area contributed by atoms with Crippen LogP contribution < -0.4 is 4.90 Å². The summed E-state index contributed by atoms with van der Waals surface area (Å²) in [6.07, 6.45) is 2.27. The summed E-state index contributed by atoms with van der Waals surface area (Å²) in [6, 6.07) is 20.4. The maximum absolute atomic E-state index is 13.5. The number of hydrogen-bond acceptors (Lipinski definition) is 5. The number of aliphatic hydroxyl groups is 1. The molecule has 2 aromatic carbocycles. The van der Waals surface area contributed by atoms with Crippen LogP contribution in [0.2, 0.25) is 5.02 Å². The molecule has 3 heterocycles. The second-order valence-electron chi connectivity index (χ2n) is 8.26. The number of rotatable bonds is 6. The van der Waals surface area contributed by atoms with Crippen molar-refractivity contribution in [3.63, 3.8) is 0 Å². The summed E-state index contributed by atoms with van der Waals surface area (Å²) < 4.78 is 0. The van der Waals surface area contributed by atoms with E-state index in [2.05, 4.69) is 19.8 Å². The minimum absolute atomic E-state index is 0.292. The zero-order chi connectivity index (χ0) is 22.8. The van der Waals surface area contributed by atoms with E-state index in [1.54, 1.807) is 24.5 Å². The van der Waals surface area contributed by atoms with Gasteiger partial charge in [-0.2, -0.15) is 0 Å². The smallest absolute Gasteiger partial charge is 0.195 e. The number of Topliss-reactive ketones (excluding diaryl/α,β-unsaturated/α-hetero) is 1. The predicted octanol–water partition coefficient (Wildman–Crippen LogP) is 4.32. The summed E-state index contributed by atoms with van der Waals surface area (Å²) in [4.78, 5) is 25.5. The molecule has 1 saturated heterocycles. The highest BCUT2D eigenvalue weighted by atomic mass is 35.5. The van der Waals surface area contributed by atoms with Crippen LogP contribution in [-0.4, -0.2) is 58.0 Å². The van der Waals surface area contributed by atoms with E-state index in [1.165, 1.54) is 0 Å². The molecule has 2 aromatic heterocycles. The Morgan fingerprint density at radius 3 is 2.42 bits per heavy atom. The van der Waals surface area contributed by atoms with Crippen LogP contribution in [0.25, 0.3) is 10.9 Å². The molecule has 6 nitrogen and oxygen atoms in total. The third kappa shape index (κ3) is 4.37. The Balaban J connectivity index is 1.42. The van der Waals surface area contributed by atoms with E-state index in [0.29, 0.717) is 23.7 Å². The number of nitrogens with one attached hydrogen (secondary N) is 1. The molecular formula is C26H25ClN4O2. The molecule has 1 aliphatic rings. The quantitative estimate of drug-likeness (QED) is 0.419. The van der Waals surface area contributed by atoms with E-state index in [4.69, 9.17) is 11.6 Å². The predicted molar refractivity (Wildman–Crippen MR) is 131 cm³/mol. The third-order valence-electron chi connectivity index (χ3n) is 6.31. The molecule has 0 amide bonds. The highest BCUT2D eigenvalue weighted by Crippen LogP contribution is 2.31. The number of pyridine rings is 1. The van der Waals surface area contributed by atoms with Crippen molar-refractivity contribution in [2.45, 2.75) is 12.1 Å². The first-order chi connectivity index (χ1) is 16.1. The highest BCUT2D eigenvalue weighted by Gasteiger charge is 2.35. The Bertz CT molecular complexity index is 1230. The van der Waals surface area contributed by atoms with Gasteiger partial charge >= 0.3 is 0 Å². The topological polar surface area (TPSA) is 72.5 Å². The molecule has 168 valence electrons. The van der Waals surface area contributed by atoms with Gasteiger partial charge in [-0.05, 0) is 35.9 Å². The number of hydrogen-bond donors (Lipinski definition) is 2. The molecule has 0 spiro atoms. The zero-order valence-electron chi connectivity index (χ0n) is 18.1. The fraction of sp³-hybridized carbons (Fsp3) is 0.231. The van der Waals surface area contributed by atoms with E-state index >= 15 is 0 Å². The molecule has 0 saturated carbocycles. The van der Waals surface area contributed by atoms with Crippen molar-refractivity contribution in [1.82, 2.24) is 14.9 Å². The summed E-state index contributed by atoms with van der Waals surface area (Å²) >= 11 is 6.12. The summed E-state index contributed by atoms with van der Waals surface area (Å²) in [5.41, 5.74) is 2.25. The Labute approximate surface area is 197 Å². The van der Waals surface area contributed by atoms with Gasteiger partial charge in [-0.3, -0.25) is 9.69 Å². The first-order valence-corrected chi connectivity index (χ1v) is 11.4. The molecule has 4 aromatic rings. The second kappa shape index (κ2) is 9.35. The molecule has 0 unspecified atom stereocenters. The van der Waals surface area contributed by atoms with Crippen LogP contribution in [0.1, 0.15) is 22.0 Å². The Morgan fingerprint density at radius 1 is 0.970 bits per heavy atom. The van der Waals surface area contributed by atoms with Crippen LogP contribution in [0.15, 0.2) is 79.1 Å². The van der Waals surface area contributed by atoms with Gasteiger partial charge in [-0.25, -0.2) is 4.98 Å². The number of aliphatic hydroxyl groups excluding tert-OH is 1. The number of H-pyrrole nitrogens is 1. The number of carbonyl (C=O) groups excluding carboxylic acids is 1. The number of aromatic amines is 1. The molecule has 2 atom stereocenters. The van der Waals surface area contributed by atoms with Crippen LogP contribution in [0.5, 0.6) is 0 Å². The van der Waals surface area contributed by atoms with Gasteiger partial charge in [0.15, 0.2) is 5.78 Å². The van der Waals surface area contributed by atoms with Gasteiger partial charge in [-0.15, -0.1) is 0 Å². The lowest BCUT2D eigenvalue weighted by Gasteiger charge is -2.41. The number of halogens is 1. The fourth-order valence-electron chi connectivity index (χ4n) is 4.60. The van der Waals surface area contributed by atoms with Crippen LogP contribution in [0.3, 0.4) is 0 Å². The molecule has 5 rings (SSSR count). The molecule has 0 aliphatic carbocycles. The van der Waals surface area contributed by atoms with Crippen molar-refractivity contribution < 1.29 is 9.90 Å². The lowest BCUT2D eigenvalue weighted by Crippen LogP contribution is -2.51. The average Bonchev–Trinajstić information content (AvgIpc) is 3.30. The van der Waals surface area contributed by atoms with Gasteiger partial charge in [-0.1, -0.05) is 48.0 Å². The van der Waals surface area contributed by atoms with Crippen LogP contribution >= 0.6 is 11.6 Å². The molecular weight excluding hydrogens is 436 g/mol. The normalized spacial score (nSPS) is 16.6. The number of anilines is 1. The monoisotopic (exact) mass is 460 g/mol. The summed E-state index contributed by atoms with van der Waals surface area (Å²) in [5, 5.41) is 12.8. The zero-order valence-corrected chi connectivity index (χ0v) is 18.8. The summed E-state index contributed by atoms with van der Waals surface area (Å²) in [5.74, 6) is 0.648. The number of benzene rings is 2. The number of ketones is 1. The number of fused-ring (bicyclic) bond motifs is 1. The lowest BCUT2D eigenvalue weighted by atomic mass is 9.93. The van der Waals surface area contributed by atoms with Gasteiger partial charge in [0, 0.05) is 60.1 Å². The molecule has 0 radical (unpaired) electrons. The minimum Gasteiger partial charge on any atom is -0.383 e. The number of nitrogens with zero attached hydrogens (tertiary/aromatic N) is 3. The minimum atomic E-state index is -1.22. The van der Waals surface area contributed by atoms with E-state index in [1.807, 2.05) is 54.6 Å². The second-order valence-corrected chi connectivity index (χ2v) is 8.70. The van der Waals surface area contributed by atoms with Gasteiger partial charge in [0.1, 0.15) is 11.9 Å². The van der Waals surface area contributed by atoms with E-state index in [0.717, 1.165) is 35.4 Å². The number of para-hydroxylation sites is 1. The fourth-order valence-corrected chi connectivity index (χ4v) is 4.73. The van der Waals surface area contributed by atoms with E-state index < -0.39 is 12.1 Å². The van der Waals surface area contributed by atoms with Gasteiger partial charge in [0.2, 0.25) is 0 Å². The molecule has 7 heteroatoms. The number of aromatic nitrogens is 2. The molecule has 33 heavy (non-hydrogen) atoms. The van der Waals surface area contributed by atoms with E-state index in [9.17, 15) is 9.90 Å². The van der Waals surface area contributed by atoms with Crippen LogP contribution in [0, 0.1) is 0 Å². The number of piperazine rings is 1. The van der Waals surface area contributed by atoms with Gasteiger partial charge < -0.3 is 15.0 Å². The maximum Gasteiger partial charge on any atom is 0.195 e. The van der Waals surface area contributed by atoms with Crippen molar-refractivity contribution in [3.8, 4) is 0 Å². The van der Waals surface area contributed by atoms with Gasteiger partial charge in [0.05, 0.1) is 6.04 Å². The third-order valence-corrected chi connectivity index (χ3v) is 6.57. The Hall–Kier alpha value is -3.19. The first kappa shape index (κ1) is 21.6. The van der Waals surface area contributed by atoms with Crippen molar-refractivity contribution >= 4 is 34.1 Å². The standard InChI is InChI=1S/C26H25ClN4O2/c27-19-10-8-18(9-11-19)24(31-15-13-30(14-16-31)23-7-3-4-12-28-23)26(33)25(32)21-17-29-22-6-2-1-5-20(21)22/h1-12,17,24,26,29,33H,13-16H2/t24-,26+/m1/s1. The SMILES string of the molecule is O=C(c1c[nH]c2ccccc12)[C@@H](O)[C@@H](c1ccc(Cl)cc1)N1CCN(c2ccccn2)CC1. The number of carbonyl (C=O) groups is 1. The van der Waals surface area contributed by atoms with E-state index in [-0.39, 0.29) is 5.78 Å². The summed E-state index contributed by atoms with van der Waals surface area (Å²) in [6.45, 7) is 2.91. The first-order valence-electron chi connectivity index (χ1n) is 11.1. The van der Waals surface area contributed by atoms with Crippen molar-refractivity contribution in [1.29, 1.82) is 0 Å². The Kier molecular flexibility index (Phi) is 6.13. The maximum atomic E-state index is 13.5. The molecule has 1 aliphatic heterocycles. The highest BCUT2D eigenvalue weighted by molar-refractivity contribution is 6.30. The largest absolute Gasteiger partial charge is 0.383 e.